The molecule has 0 aliphatic carbocycles. The molecule has 0 aromatic heterocycles. The third kappa shape index (κ3) is 3.13. The summed E-state index contributed by atoms with van der Waals surface area (Å²) in [5.41, 5.74) is 0. The van der Waals surface area contributed by atoms with Crippen molar-refractivity contribution in [3.05, 3.63) is 11.6 Å². The Bertz CT molecular complexity index is 167. The second-order valence-electron chi connectivity index (χ2n) is 3.61. The van der Waals surface area contributed by atoms with Gasteiger partial charge in [-0.05, 0) is 20.3 Å². The first-order valence-corrected chi connectivity index (χ1v) is 4.48. The van der Waals surface area contributed by atoms with E-state index >= 15 is 0 Å². The number of hydrogen-bond donors (Lipinski definition) is 0. The van der Waals surface area contributed by atoms with Gasteiger partial charge in [0.15, 0.2) is 5.79 Å². The van der Waals surface area contributed by atoms with E-state index in [1.54, 1.807) is 0 Å². The molecule has 1 aliphatic heterocycles. The van der Waals surface area contributed by atoms with Crippen molar-refractivity contribution in [2.45, 2.75) is 26.1 Å². The first-order valence-electron chi connectivity index (χ1n) is 4.11. The third-order valence-electron chi connectivity index (χ3n) is 1.84. The van der Waals surface area contributed by atoms with Crippen LogP contribution in [0.5, 0.6) is 0 Å². The summed E-state index contributed by atoms with van der Waals surface area (Å²) >= 11 is 5.68. The van der Waals surface area contributed by atoms with Gasteiger partial charge in [-0.15, -0.1) is 0 Å². The number of ether oxygens (including phenoxy) is 2. The summed E-state index contributed by atoms with van der Waals surface area (Å²) in [5, 5.41) is 0.673. The maximum absolute atomic E-state index is 5.68. The highest BCUT2D eigenvalue weighted by molar-refractivity contribution is 6.29. The van der Waals surface area contributed by atoms with Gasteiger partial charge in [-0.2, -0.15) is 0 Å². The molecule has 0 aromatic carbocycles. The van der Waals surface area contributed by atoms with Gasteiger partial charge < -0.3 is 9.47 Å². The van der Waals surface area contributed by atoms with Gasteiger partial charge in [0.2, 0.25) is 0 Å². The SMILES string of the molecule is C=C(Cl)CC1COC(C)(C)OC1. The quantitative estimate of drug-likeness (QED) is 0.666. The summed E-state index contributed by atoms with van der Waals surface area (Å²) < 4.78 is 10.9. The van der Waals surface area contributed by atoms with Crippen LogP contribution in [-0.4, -0.2) is 19.0 Å². The lowest BCUT2D eigenvalue weighted by molar-refractivity contribution is -0.261. The summed E-state index contributed by atoms with van der Waals surface area (Å²) in [7, 11) is 0. The molecular formula is C9H15ClO2. The van der Waals surface area contributed by atoms with Crippen molar-refractivity contribution in [1.29, 1.82) is 0 Å². The van der Waals surface area contributed by atoms with Gasteiger partial charge in [-0.3, -0.25) is 0 Å². The Morgan fingerprint density at radius 2 is 2.00 bits per heavy atom. The van der Waals surface area contributed by atoms with Gasteiger partial charge in [-0.1, -0.05) is 18.2 Å². The fourth-order valence-electron chi connectivity index (χ4n) is 1.16. The zero-order valence-corrected chi connectivity index (χ0v) is 8.36. The van der Waals surface area contributed by atoms with Crippen LogP contribution in [0.4, 0.5) is 0 Å². The second-order valence-corrected chi connectivity index (χ2v) is 4.14. The third-order valence-corrected chi connectivity index (χ3v) is 2.00. The predicted molar refractivity (Wildman–Crippen MR) is 49.1 cm³/mol. The molecule has 1 fully saturated rings. The molecule has 70 valence electrons. The average Bonchev–Trinajstić information content (AvgIpc) is 1.93. The molecule has 12 heavy (non-hydrogen) atoms. The Labute approximate surface area is 78.5 Å². The second kappa shape index (κ2) is 3.77. The summed E-state index contributed by atoms with van der Waals surface area (Å²) in [4.78, 5) is 0. The largest absolute Gasteiger partial charge is 0.350 e. The van der Waals surface area contributed by atoms with Crippen molar-refractivity contribution in [1.82, 2.24) is 0 Å². The molecule has 0 saturated carbocycles. The fraction of sp³-hybridized carbons (Fsp3) is 0.778. The van der Waals surface area contributed by atoms with Crippen LogP contribution in [-0.2, 0) is 9.47 Å². The van der Waals surface area contributed by atoms with Crippen molar-refractivity contribution in [2.24, 2.45) is 5.92 Å². The molecule has 0 unspecified atom stereocenters. The fourth-order valence-corrected chi connectivity index (χ4v) is 1.38. The number of allylic oxidation sites excluding steroid dienone is 1. The molecule has 0 amide bonds. The van der Waals surface area contributed by atoms with Gasteiger partial charge in [0.05, 0.1) is 13.2 Å². The Morgan fingerprint density at radius 1 is 1.50 bits per heavy atom. The molecule has 3 heteroatoms. The van der Waals surface area contributed by atoms with Crippen molar-refractivity contribution in [2.75, 3.05) is 13.2 Å². The van der Waals surface area contributed by atoms with Gasteiger partial charge in [-0.25, -0.2) is 0 Å². The Balaban J connectivity index is 2.31. The molecule has 1 heterocycles. The van der Waals surface area contributed by atoms with Crippen LogP contribution in [0.2, 0.25) is 0 Å². The van der Waals surface area contributed by atoms with E-state index in [9.17, 15) is 0 Å². The lowest BCUT2D eigenvalue weighted by atomic mass is 10.1. The summed E-state index contributed by atoms with van der Waals surface area (Å²) in [6, 6.07) is 0. The highest BCUT2D eigenvalue weighted by Gasteiger charge is 2.28. The van der Waals surface area contributed by atoms with Crippen LogP contribution in [0.15, 0.2) is 11.6 Å². The zero-order valence-electron chi connectivity index (χ0n) is 7.60. The molecule has 0 atom stereocenters. The maximum atomic E-state index is 5.68. The number of halogens is 1. The van der Waals surface area contributed by atoms with E-state index in [1.165, 1.54) is 0 Å². The topological polar surface area (TPSA) is 18.5 Å². The minimum Gasteiger partial charge on any atom is -0.350 e. The lowest BCUT2D eigenvalue weighted by Gasteiger charge is -2.34. The van der Waals surface area contributed by atoms with Gasteiger partial charge in [0.1, 0.15) is 0 Å². The van der Waals surface area contributed by atoms with Gasteiger partial charge in [0, 0.05) is 11.0 Å². The van der Waals surface area contributed by atoms with E-state index in [0.29, 0.717) is 24.2 Å². The molecule has 0 spiro atoms. The Morgan fingerprint density at radius 3 is 2.42 bits per heavy atom. The van der Waals surface area contributed by atoms with E-state index in [0.717, 1.165) is 6.42 Å². The standard InChI is InChI=1S/C9H15ClO2/c1-7(10)4-8-5-11-9(2,3)12-6-8/h8H,1,4-6H2,2-3H3. The van der Waals surface area contributed by atoms with Gasteiger partial charge in [0.25, 0.3) is 0 Å². The summed E-state index contributed by atoms with van der Waals surface area (Å²) in [5.74, 6) is -0.0625. The number of hydrogen-bond acceptors (Lipinski definition) is 2. The molecule has 2 nitrogen and oxygen atoms in total. The molecule has 1 aliphatic rings. The van der Waals surface area contributed by atoms with Crippen LogP contribution >= 0.6 is 11.6 Å². The smallest absolute Gasteiger partial charge is 0.162 e. The summed E-state index contributed by atoms with van der Waals surface area (Å²) in [6.07, 6.45) is 0.775. The molecule has 1 rings (SSSR count). The van der Waals surface area contributed by atoms with Crippen LogP contribution in [0, 0.1) is 5.92 Å². The van der Waals surface area contributed by atoms with E-state index in [1.807, 2.05) is 13.8 Å². The monoisotopic (exact) mass is 190 g/mol. The average molecular weight is 191 g/mol. The first kappa shape index (κ1) is 10.0. The van der Waals surface area contributed by atoms with E-state index < -0.39 is 5.79 Å². The molecule has 0 aromatic rings. The normalized spacial score (nSPS) is 23.9. The van der Waals surface area contributed by atoms with Crippen molar-refractivity contribution in [3.63, 3.8) is 0 Å². The van der Waals surface area contributed by atoms with E-state index in [4.69, 9.17) is 21.1 Å². The highest BCUT2D eigenvalue weighted by Crippen LogP contribution is 2.24. The predicted octanol–water partition coefficient (Wildman–Crippen LogP) is 2.53. The van der Waals surface area contributed by atoms with Crippen LogP contribution in [0.1, 0.15) is 20.3 Å². The minimum atomic E-state index is -0.426. The molecular weight excluding hydrogens is 176 g/mol. The van der Waals surface area contributed by atoms with Crippen molar-refractivity contribution in [3.8, 4) is 0 Å². The molecule has 1 saturated heterocycles. The van der Waals surface area contributed by atoms with E-state index in [2.05, 4.69) is 6.58 Å². The maximum Gasteiger partial charge on any atom is 0.162 e. The van der Waals surface area contributed by atoms with Crippen molar-refractivity contribution >= 4 is 11.6 Å². The molecule has 0 radical (unpaired) electrons. The first-order chi connectivity index (χ1) is 5.49. The van der Waals surface area contributed by atoms with Crippen LogP contribution < -0.4 is 0 Å². The lowest BCUT2D eigenvalue weighted by Crippen LogP contribution is -2.39. The minimum absolute atomic E-state index is 0.364. The van der Waals surface area contributed by atoms with Crippen molar-refractivity contribution < 1.29 is 9.47 Å². The Kier molecular flexibility index (Phi) is 3.16. The van der Waals surface area contributed by atoms with E-state index in [-0.39, 0.29) is 0 Å². The zero-order chi connectivity index (χ0) is 9.19. The van der Waals surface area contributed by atoms with Gasteiger partial charge >= 0.3 is 0 Å². The van der Waals surface area contributed by atoms with Crippen LogP contribution in [0.25, 0.3) is 0 Å². The Hall–Kier alpha value is -0.0500. The summed E-state index contributed by atoms with van der Waals surface area (Å²) in [6.45, 7) is 8.88. The molecule has 0 bridgehead atoms. The highest BCUT2D eigenvalue weighted by atomic mass is 35.5. The number of rotatable bonds is 2. The van der Waals surface area contributed by atoms with Crippen LogP contribution in [0.3, 0.4) is 0 Å². The molecule has 0 N–H and O–H groups in total.